The molecule has 16 heavy (non-hydrogen) atoms. The highest BCUT2D eigenvalue weighted by Gasteiger charge is 2.18. The van der Waals surface area contributed by atoms with Crippen LogP contribution in [0.15, 0.2) is 12.4 Å². The third-order valence-electron chi connectivity index (χ3n) is 3.33. The maximum Gasteiger partial charge on any atom is 0.0537 e. The van der Waals surface area contributed by atoms with Crippen molar-refractivity contribution in [3.8, 4) is 0 Å². The van der Waals surface area contributed by atoms with E-state index in [0.717, 1.165) is 18.9 Å². The molecule has 0 radical (unpaired) electrons. The van der Waals surface area contributed by atoms with E-state index in [1.54, 1.807) is 0 Å². The van der Waals surface area contributed by atoms with Gasteiger partial charge in [-0.3, -0.25) is 4.68 Å². The first-order valence-corrected chi connectivity index (χ1v) is 7.30. The van der Waals surface area contributed by atoms with E-state index in [4.69, 9.17) is 5.73 Å². The van der Waals surface area contributed by atoms with Gasteiger partial charge in [0, 0.05) is 24.3 Å². The first-order valence-electron chi connectivity index (χ1n) is 6.15. The molecule has 1 fully saturated rings. The summed E-state index contributed by atoms with van der Waals surface area (Å²) in [6.07, 6.45) is 7.80. The van der Waals surface area contributed by atoms with Gasteiger partial charge in [0.15, 0.2) is 0 Å². The van der Waals surface area contributed by atoms with E-state index in [1.165, 1.54) is 29.9 Å². The predicted octanol–water partition coefficient (Wildman–Crippen LogP) is 2.44. The molecule has 1 atom stereocenters. The largest absolute Gasteiger partial charge is 0.324 e. The Balaban J connectivity index is 1.88. The van der Waals surface area contributed by atoms with Crippen molar-refractivity contribution in [1.29, 1.82) is 0 Å². The Labute approximate surface area is 102 Å². The van der Waals surface area contributed by atoms with E-state index in [-0.39, 0.29) is 6.04 Å². The normalized spacial score (nSPS) is 19.9. The lowest BCUT2D eigenvalue weighted by atomic mass is 9.92. The molecule has 0 spiro atoms. The minimum Gasteiger partial charge on any atom is -0.324 e. The van der Waals surface area contributed by atoms with Gasteiger partial charge in [0.05, 0.1) is 6.20 Å². The molecule has 4 heteroatoms. The Bertz CT molecular complexity index is 318. The summed E-state index contributed by atoms with van der Waals surface area (Å²) in [5.41, 5.74) is 7.43. The molecule has 3 nitrogen and oxygen atoms in total. The first-order chi connectivity index (χ1) is 7.79. The topological polar surface area (TPSA) is 43.8 Å². The molecular formula is C12H21N3S. The number of hydrogen-bond acceptors (Lipinski definition) is 3. The van der Waals surface area contributed by atoms with Crippen LogP contribution in [0.1, 0.15) is 37.8 Å². The molecule has 90 valence electrons. The Kier molecular flexibility index (Phi) is 4.29. The van der Waals surface area contributed by atoms with Crippen LogP contribution >= 0.6 is 11.8 Å². The van der Waals surface area contributed by atoms with Crippen LogP contribution in [-0.2, 0) is 6.54 Å². The molecule has 2 N–H and O–H groups in total. The van der Waals surface area contributed by atoms with E-state index in [0.29, 0.717) is 0 Å². The summed E-state index contributed by atoms with van der Waals surface area (Å²) >= 11 is 2.07. The van der Waals surface area contributed by atoms with Crippen LogP contribution in [0.4, 0.5) is 0 Å². The van der Waals surface area contributed by atoms with Crippen LogP contribution in [0.3, 0.4) is 0 Å². The van der Waals surface area contributed by atoms with Crippen LogP contribution in [-0.4, -0.2) is 21.3 Å². The zero-order valence-electron chi connectivity index (χ0n) is 9.93. The van der Waals surface area contributed by atoms with E-state index < -0.39 is 0 Å². The van der Waals surface area contributed by atoms with Gasteiger partial charge in [-0.2, -0.15) is 16.9 Å². The van der Waals surface area contributed by atoms with E-state index in [1.807, 2.05) is 10.9 Å². The maximum absolute atomic E-state index is 6.23. The molecule has 1 aliphatic heterocycles. The second-order valence-electron chi connectivity index (χ2n) is 4.53. The summed E-state index contributed by atoms with van der Waals surface area (Å²) in [5.74, 6) is 3.44. The monoisotopic (exact) mass is 239 g/mol. The molecule has 2 heterocycles. The third-order valence-corrected chi connectivity index (χ3v) is 4.38. The van der Waals surface area contributed by atoms with Crippen molar-refractivity contribution in [2.75, 3.05) is 11.5 Å². The van der Waals surface area contributed by atoms with Gasteiger partial charge in [-0.05, 0) is 43.6 Å². The van der Waals surface area contributed by atoms with Crippen LogP contribution in [0.5, 0.6) is 0 Å². The smallest absolute Gasteiger partial charge is 0.0537 e. The van der Waals surface area contributed by atoms with Crippen molar-refractivity contribution in [3.63, 3.8) is 0 Å². The second-order valence-corrected chi connectivity index (χ2v) is 5.75. The summed E-state index contributed by atoms with van der Waals surface area (Å²) < 4.78 is 1.95. The van der Waals surface area contributed by atoms with E-state index in [9.17, 15) is 0 Å². The average molecular weight is 239 g/mol. The summed E-state index contributed by atoms with van der Waals surface area (Å²) in [4.78, 5) is 0. The molecule has 1 aromatic rings. The molecule has 1 aliphatic rings. The maximum atomic E-state index is 6.23. The molecule has 0 bridgehead atoms. The number of nitrogens with zero attached hydrogens (tertiary/aromatic N) is 2. The van der Waals surface area contributed by atoms with E-state index in [2.05, 4.69) is 30.0 Å². The molecule has 1 unspecified atom stereocenters. The lowest BCUT2D eigenvalue weighted by Crippen LogP contribution is -2.18. The second kappa shape index (κ2) is 5.73. The van der Waals surface area contributed by atoms with Gasteiger partial charge in [-0.25, -0.2) is 0 Å². The minimum atomic E-state index is 0.174. The molecular weight excluding hydrogens is 218 g/mol. The van der Waals surface area contributed by atoms with Gasteiger partial charge in [0.2, 0.25) is 0 Å². The number of rotatable bonds is 4. The van der Waals surface area contributed by atoms with Gasteiger partial charge in [-0.15, -0.1) is 0 Å². The molecule has 0 aliphatic carbocycles. The summed E-state index contributed by atoms with van der Waals surface area (Å²) in [7, 11) is 0. The fraction of sp³-hybridized carbons (Fsp3) is 0.750. The van der Waals surface area contributed by atoms with Crippen LogP contribution in [0, 0.1) is 5.92 Å². The van der Waals surface area contributed by atoms with Gasteiger partial charge in [-0.1, -0.05) is 0 Å². The van der Waals surface area contributed by atoms with Crippen LogP contribution < -0.4 is 5.73 Å². The molecule has 0 aromatic carbocycles. The molecule has 1 saturated heterocycles. The third kappa shape index (κ3) is 3.01. The average Bonchev–Trinajstić information content (AvgIpc) is 2.79. The SMILES string of the molecule is CCn1cc(C(N)CC2CCSCC2)cn1. The highest BCUT2D eigenvalue weighted by atomic mass is 32.2. The van der Waals surface area contributed by atoms with E-state index >= 15 is 0 Å². The lowest BCUT2D eigenvalue weighted by Gasteiger charge is -2.23. The van der Waals surface area contributed by atoms with Crippen molar-refractivity contribution in [2.24, 2.45) is 11.7 Å². The van der Waals surface area contributed by atoms with Crippen molar-refractivity contribution >= 4 is 11.8 Å². The molecule has 0 amide bonds. The highest BCUT2D eigenvalue weighted by molar-refractivity contribution is 7.99. The fourth-order valence-electron chi connectivity index (χ4n) is 2.22. The molecule has 2 rings (SSSR count). The lowest BCUT2D eigenvalue weighted by molar-refractivity contribution is 0.413. The first kappa shape index (κ1) is 12.0. The Hall–Kier alpha value is -0.480. The van der Waals surface area contributed by atoms with Gasteiger partial charge in [0.1, 0.15) is 0 Å². The number of thioether (sulfide) groups is 1. The van der Waals surface area contributed by atoms with Crippen molar-refractivity contribution in [2.45, 2.75) is 38.8 Å². The van der Waals surface area contributed by atoms with Crippen LogP contribution in [0.2, 0.25) is 0 Å². The van der Waals surface area contributed by atoms with Crippen molar-refractivity contribution in [1.82, 2.24) is 9.78 Å². The quantitative estimate of drug-likeness (QED) is 0.877. The summed E-state index contributed by atoms with van der Waals surface area (Å²) in [6.45, 7) is 3.02. The standard InChI is InChI=1S/C12H21N3S/c1-2-15-9-11(8-14-15)12(13)7-10-3-5-16-6-4-10/h8-10,12H,2-7,13H2,1H3. The van der Waals surface area contributed by atoms with Gasteiger partial charge in [0.25, 0.3) is 0 Å². The number of aromatic nitrogens is 2. The molecule has 1 aromatic heterocycles. The number of hydrogen-bond donors (Lipinski definition) is 1. The molecule has 0 saturated carbocycles. The Morgan fingerprint density at radius 3 is 2.94 bits per heavy atom. The van der Waals surface area contributed by atoms with Crippen molar-refractivity contribution in [3.05, 3.63) is 18.0 Å². The van der Waals surface area contributed by atoms with Gasteiger partial charge < -0.3 is 5.73 Å². The fourth-order valence-corrected chi connectivity index (χ4v) is 3.43. The number of nitrogens with two attached hydrogens (primary N) is 1. The van der Waals surface area contributed by atoms with Crippen molar-refractivity contribution < 1.29 is 0 Å². The summed E-state index contributed by atoms with van der Waals surface area (Å²) in [5, 5.41) is 4.28. The number of aryl methyl sites for hydroxylation is 1. The van der Waals surface area contributed by atoms with Crippen LogP contribution in [0.25, 0.3) is 0 Å². The highest BCUT2D eigenvalue weighted by Crippen LogP contribution is 2.29. The summed E-state index contributed by atoms with van der Waals surface area (Å²) in [6, 6.07) is 0.174. The zero-order valence-corrected chi connectivity index (χ0v) is 10.7. The zero-order chi connectivity index (χ0) is 11.4. The Morgan fingerprint density at radius 2 is 2.31 bits per heavy atom. The Morgan fingerprint density at radius 1 is 1.56 bits per heavy atom. The van der Waals surface area contributed by atoms with Gasteiger partial charge >= 0.3 is 0 Å². The predicted molar refractivity (Wildman–Crippen MR) is 69.5 cm³/mol. The minimum absolute atomic E-state index is 0.174.